The van der Waals surface area contributed by atoms with E-state index in [2.05, 4.69) is 18.8 Å². The second kappa shape index (κ2) is 8.05. The lowest BCUT2D eigenvalue weighted by Gasteiger charge is -2.14. The summed E-state index contributed by atoms with van der Waals surface area (Å²) in [5.41, 5.74) is 2.86. The van der Waals surface area contributed by atoms with E-state index in [0.717, 1.165) is 22.4 Å². The van der Waals surface area contributed by atoms with Crippen LogP contribution in [-0.2, 0) is 9.53 Å². The third-order valence-electron chi connectivity index (χ3n) is 4.54. The Hall–Kier alpha value is -3.19. The second-order valence-electron chi connectivity index (χ2n) is 6.86. The molecule has 0 bridgehead atoms. The molecule has 1 heterocycles. The highest BCUT2D eigenvalue weighted by Crippen LogP contribution is 2.32. The summed E-state index contributed by atoms with van der Waals surface area (Å²) in [6, 6.07) is 7.98. The molecular weight excluding hydrogens is 396 g/mol. The molecule has 29 heavy (non-hydrogen) atoms. The standard InChI is InChI=1S/C21H19ClN2O5/c1-11(2)15-8-14(12(3)7-19(15)28-4)9-17-21(25)29-20(23-17)13-5-6-16(22)18(10-13)24(26)27/h5-11H,1-4H3/b17-9-. The van der Waals surface area contributed by atoms with Crippen LogP contribution in [0.15, 0.2) is 41.0 Å². The van der Waals surface area contributed by atoms with Crippen molar-refractivity contribution in [1.82, 2.24) is 0 Å². The van der Waals surface area contributed by atoms with Crippen LogP contribution in [0.3, 0.4) is 0 Å². The molecule has 0 aliphatic carbocycles. The Morgan fingerprint density at radius 1 is 1.28 bits per heavy atom. The third kappa shape index (κ3) is 4.14. The van der Waals surface area contributed by atoms with Crippen LogP contribution in [-0.4, -0.2) is 23.9 Å². The average molecular weight is 415 g/mol. The molecule has 2 aromatic carbocycles. The Kier molecular flexibility index (Phi) is 5.70. The smallest absolute Gasteiger partial charge is 0.363 e. The molecule has 150 valence electrons. The zero-order valence-electron chi connectivity index (χ0n) is 16.4. The third-order valence-corrected chi connectivity index (χ3v) is 4.86. The summed E-state index contributed by atoms with van der Waals surface area (Å²) in [6.45, 7) is 6.02. The van der Waals surface area contributed by atoms with Gasteiger partial charge in [0, 0.05) is 11.6 Å². The summed E-state index contributed by atoms with van der Waals surface area (Å²) in [5.74, 6) is 0.383. The first-order valence-electron chi connectivity index (χ1n) is 8.86. The van der Waals surface area contributed by atoms with Crippen molar-refractivity contribution >= 4 is 35.2 Å². The predicted molar refractivity (Wildman–Crippen MR) is 111 cm³/mol. The number of esters is 1. The second-order valence-corrected chi connectivity index (χ2v) is 7.27. The van der Waals surface area contributed by atoms with Gasteiger partial charge >= 0.3 is 5.97 Å². The lowest BCUT2D eigenvalue weighted by molar-refractivity contribution is -0.384. The maximum Gasteiger partial charge on any atom is 0.363 e. The molecule has 3 rings (SSSR count). The van der Waals surface area contributed by atoms with Crippen LogP contribution in [0.25, 0.3) is 6.08 Å². The number of cyclic esters (lactones) is 1. The SMILES string of the molecule is COc1cc(C)c(/C=C2\N=C(c3ccc(Cl)c([N+](=O)[O-])c3)OC2=O)cc1C(C)C. The number of rotatable bonds is 5. The largest absolute Gasteiger partial charge is 0.496 e. The summed E-state index contributed by atoms with van der Waals surface area (Å²) in [4.78, 5) is 27.0. The molecule has 0 saturated heterocycles. The van der Waals surface area contributed by atoms with Crippen LogP contribution >= 0.6 is 11.6 Å². The molecule has 1 aliphatic heterocycles. The molecule has 8 heteroatoms. The van der Waals surface area contributed by atoms with Gasteiger partial charge in [-0.05, 0) is 59.9 Å². The lowest BCUT2D eigenvalue weighted by Crippen LogP contribution is -2.06. The van der Waals surface area contributed by atoms with Crippen molar-refractivity contribution in [3.63, 3.8) is 0 Å². The van der Waals surface area contributed by atoms with Crippen LogP contribution in [0.2, 0.25) is 5.02 Å². The number of methoxy groups -OCH3 is 1. The fraction of sp³-hybridized carbons (Fsp3) is 0.238. The number of aliphatic imine (C=N–C) groups is 1. The fourth-order valence-electron chi connectivity index (χ4n) is 2.96. The van der Waals surface area contributed by atoms with Gasteiger partial charge in [0.25, 0.3) is 5.69 Å². The Balaban J connectivity index is 2.03. The minimum atomic E-state index is -0.626. The highest BCUT2D eigenvalue weighted by atomic mass is 35.5. The Morgan fingerprint density at radius 3 is 2.62 bits per heavy atom. The van der Waals surface area contributed by atoms with E-state index in [0.29, 0.717) is 5.56 Å². The number of nitro benzene ring substituents is 1. The predicted octanol–water partition coefficient (Wildman–Crippen LogP) is 5.03. The first-order chi connectivity index (χ1) is 13.7. The summed E-state index contributed by atoms with van der Waals surface area (Å²) in [7, 11) is 1.62. The van der Waals surface area contributed by atoms with Crippen molar-refractivity contribution in [1.29, 1.82) is 0 Å². The van der Waals surface area contributed by atoms with Crippen LogP contribution in [0.1, 0.15) is 42.0 Å². The van der Waals surface area contributed by atoms with E-state index in [-0.39, 0.29) is 28.2 Å². The molecule has 7 nitrogen and oxygen atoms in total. The molecule has 0 aromatic heterocycles. The van der Waals surface area contributed by atoms with Gasteiger partial charge in [-0.15, -0.1) is 0 Å². The summed E-state index contributed by atoms with van der Waals surface area (Å²) in [5, 5.41) is 11.1. The van der Waals surface area contributed by atoms with Crippen molar-refractivity contribution in [3.05, 3.63) is 73.4 Å². The van der Waals surface area contributed by atoms with E-state index in [1.165, 1.54) is 18.2 Å². The number of carbonyl (C=O) groups is 1. The number of aryl methyl sites for hydroxylation is 1. The first-order valence-corrected chi connectivity index (χ1v) is 9.24. The molecule has 0 saturated carbocycles. The van der Waals surface area contributed by atoms with E-state index in [1.54, 1.807) is 13.2 Å². The highest BCUT2D eigenvalue weighted by Gasteiger charge is 2.26. The number of nitro groups is 1. The van der Waals surface area contributed by atoms with Crippen LogP contribution in [0.5, 0.6) is 5.75 Å². The maximum absolute atomic E-state index is 12.3. The molecule has 0 radical (unpaired) electrons. The zero-order valence-corrected chi connectivity index (χ0v) is 17.1. The minimum Gasteiger partial charge on any atom is -0.496 e. The van der Waals surface area contributed by atoms with Crippen molar-refractivity contribution in [3.8, 4) is 5.75 Å². The van der Waals surface area contributed by atoms with Gasteiger partial charge in [0.05, 0.1) is 12.0 Å². The van der Waals surface area contributed by atoms with Crippen LogP contribution < -0.4 is 4.74 Å². The molecule has 0 unspecified atom stereocenters. The summed E-state index contributed by atoms with van der Waals surface area (Å²) < 4.78 is 10.7. The van der Waals surface area contributed by atoms with Gasteiger partial charge in [-0.25, -0.2) is 9.79 Å². The van der Waals surface area contributed by atoms with Gasteiger partial charge < -0.3 is 9.47 Å². The van der Waals surface area contributed by atoms with E-state index in [1.807, 2.05) is 19.1 Å². The molecule has 0 atom stereocenters. The van der Waals surface area contributed by atoms with Crippen molar-refractivity contribution in [2.45, 2.75) is 26.7 Å². The Bertz CT molecular complexity index is 1070. The zero-order chi connectivity index (χ0) is 21.3. The number of hydrogen-bond donors (Lipinski definition) is 0. The van der Waals surface area contributed by atoms with E-state index < -0.39 is 10.9 Å². The molecule has 0 N–H and O–H groups in total. The maximum atomic E-state index is 12.3. The van der Waals surface area contributed by atoms with Gasteiger partial charge in [-0.3, -0.25) is 10.1 Å². The Labute approximate surface area is 172 Å². The fourth-order valence-corrected chi connectivity index (χ4v) is 3.15. The molecular formula is C21H19ClN2O5. The van der Waals surface area contributed by atoms with E-state index >= 15 is 0 Å². The molecule has 0 spiro atoms. The number of ether oxygens (including phenoxy) is 2. The number of benzene rings is 2. The monoisotopic (exact) mass is 414 g/mol. The highest BCUT2D eigenvalue weighted by molar-refractivity contribution is 6.32. The normalized spacial score (nSPS) is 14.9. The van der Waals surface area contributed by atoms with Crippen molar-refractivity contribution in [2.75, 3.05) is 7.11 Å². The summed E-state index contributed by atoms with van der Waals surface area (Å²) in [6.07, 6.45) is 1.64. The quantitative estimate of drug-likeness (QED) is 0.296. The Morgan fingerprint density at radius 2 is 2.00 bits per heavy atom. The van der Waals surface area contributed by atoms with Crippen molar-refractivity contribution < 1.29 is 19.2 Å². The number of hydrogen-bond acceptors (Lipinski definition) is 6. The number of halogens is 1. The van der Waals surface area contributed by atoms with Gasteiger partial charge in [-0.1, -0.05) is 25.4 Å². The summed E-state index contributed by atoms with van der Waals surface area (Å²) >= 11 is 5.83. The molecule has 0 fully saturated rings. The molecule has 2 aromatic rings. The topological polar surface area (TPSA) is 91.0 Å². The lowest BCUT2D eigenvalue weighted by atomic mass is 9.96. The van der Waals surface area contributed by atoms with Gasteiger partial charge in [0.15, 0.2) is 5.70 Å². The van der Waals surface area contributed by atoms with Crippen LogP contribution in [0, 0.1) is 17.0 Å². The number of carbonyl (C=O) groups excluding carboxylic acids is 1. The van der Waals surface area contributed by atoms with Crippen LogP contribution in [0.4, 0.5) is 5.69 Å². The molecule has 1 aliphatic rings. The minimum absolute atomic E-state index is 0.00346. The average Bonchev–Trinajstić information content (AvgIpc) is 3.03. The number of nitrogens with zero attached hydrogens (tertiary/aromatic N) is 2. The van der Waals surface area contributed by atoms with Gasteiger partial charge in [0.1, 0.15) is 10.8 Å². The first kappa shape index (κ1) is 20.5. The van der Waals surface area contributed by atoms with Crippen molar-refractivity contribution in [2.24, 2.45) is 4.99 Å². The van der Waals surface area contributed by atoms with Gasteiger partial charge in [0.2, 0.25) is 5.90 Å². The van der Waals surface area contributed by atoms with E-state index in [4.69, 9.17) is 21.1 Å². The molecule has 0 amide bonds. The van der Waals surface area contributed by atoms with E-state index in [9.17, 15) is 14.9 Å². The van der Waals surface area contributed by atoms with Gasteiger partial charge in [-0.2, -0.15) is 0 Å².